The van der Waals surface area contributed by atoms with Gasteiger partial charge in [0.15, 0.2) is 0 Å². The van der Waals surface area contributed by atoms with Gasteiger partial charge >= 0.3 is 8.56 Å². The number of hydrogen-bond acceptors (Lipinski definition) is 9. The van der Waals surface area contributed by atoms with Crippen molar-refractivity contribution in [2.24, 2.45) is 0 Å². The van der Waals surface area contributed by atoms with Crippen LogP contribution in [0.3, 0.4) is 0 Å². The molecule has 0 saturated heterocycles. The Morgan fingerprint density at radius 3 is 1.19 bits per heavy atom. The van der Waals surface area contributed by atoms with Crippen LogP contribution in [0.15, 0.2) is 158 Å². The number of aryl methyl sites for hydroxylation is 2. The molecule has 59 heavy (non-hydrogen) atoms. The molecular weight excluding hydrogens is 789 g/mol. The minimum absolute atomic E-state index is 0.0716. The van der Waals surface area contributed by atoms with Crippen LogP contribution < -0.4 is 9.80 Å². The summed E-state index contributed by atoms with van der Waals surface area (Å²) in [5, 5.41) is 29.5. The third kappa shape index (κ3) is 11.0. The van der Waals surface area contributed by atoms with Crippen molar-refractivity contribution in [3.63, 3.8) is 0 Å². The van der Waals surface area contributed by atoms with Crippen LogP contribution in [0.4, 0.5) is 34.1 Å². The topological polar surface area (TPSA) is 94.9 Å². The number of hydrogen-bond donors (Lipinski definition) is 3. The Bertz CT molecular complexity index is 2150. The maximum absolute atomic E-state index is 9.89. The van der Waals surface area contributed by atoms with Gasteiger partial charge in [0.2, 0.25) is 8.32 Å². The van der Waals surface area contributed by atoms with Crippen molar-refractivity contribution in [2.45, 2.75) is 37.8 Å². The van der Waals surface area contributed by atoms with Gasteiger partial charge in [0.25, 0.3) is 0 Å². The molecule has 0 spiro atoms. The van der Waals surface area contributed by atoms with Gasteiger partial charge < -0.3 is 38.4 Å². The predicted molar refractivity (Wildman–Crippen MR) is 249 cm³/mol. The Balaban J connectivity index is 1.18. The second-order valence-electron chi connectivity index (χ2n) is 14.7. The monoisotopic (exact) mass is 842 g/mol. The lowest BCUT2D eigenvalue weighted by Gasteiger charge is -2.27. The molecule has 0 heterocycles. The van der Waals surface area contributed by atoms with E-state index in [9.17, 15) is 15.3 Å². The number of benzene rings is 6. The quantitative estimate of drug-likeness (QED) is 0.0456. The highest BCUT2D eigenvalue weighted by Gasteiger charge is 2.37. The first-order chi connectivity index (χ1) is 28.9. The molecule has 8 nitrogen and oxygen atoms in total. The summed E-state index contributed by atoms with van der Waals surface area (Å²) in [4.78, 5) is 4.53. The maximum Gasteiger partial charge on any atom is 0.425 e. The van der Waals surface area contributed by atoms with Crippen LogP contribution in [0.2, 0.25) is 12.1 Å². The van der Waals surface area contributed by atoms with Crippen LogP contribution in [0.5, 0.6) is 0 Å². The second-order valence-corrected chi connectivity index (χ2v) is 22.0. The largest absolute Gasteiger partial charge is 0.516 e. The van der Waals surface area contributed by atoms with Crippen molar-refractivity contribution in [3.8, 4) is 11.1 Å². The Morgan fingerprint density at radius 2 is 0.847 bits per heavy atom. The van der Waals surface area contributed by atoms with Crippen molar-refractivity contribution in [3.05, 3.63) is 169 Å². The minimum atomic E-state index is -2.72. The number of aliphatic hydroxyl groups is 3. The van der Waals surface area contributed by atoms with Crippen LogP contribution >= 0.6 is 12.2 Å². The lowest BCUT2D eigenvalue weighted by molar-refractivity contribution is 0.235. The third-order valence-electron chi connectivity index (χ3n) is 11.0. The van der Waals surface area contributed by atoms with Crippen molar-refractivity contribution in [1.29, 1.82) is 0 Å². The predicted octanol–water partition coefficient (Wildman–Crippen LogP) is 10.4. The summed E-state index contributed by atoms with van der Waals surface area (Å²) < 4.78 is 16.7. The molecule has 0 aliphatic heterocycles. The summed E-state index contributed by atoms with van der Waals surface area (Å²) in [6, 6.07) is 56.8. The molecular formula is C48H54N2O6SSi2. The van der Waals surface area contributed by atoms with E-state index in [0.717, 1.165) is 70.9 Å². The standard InChI is InChI=1S/C48H54N2O6SSi2/c1-54-58(35-51,36-52)33-9-11-39-17-25-45(26-18-39)49(43-13-5-3-6-14-43)47-29-21-41(22-30-47)42-23-31-48(32-24-42)50(44-15-7-4-8-16-44)46-27-19-40(20-28-46)12-10-34-59(37-53,55-2)56-38-57/h3-8,13-32,38,51-53H,9-12,33-37H2,1-2H3. The van der Waals surface area contributed by atoms with Crippen molar-refractivity contribution in [2.75, 3.05) is 42.7 Å². The Kier molecular flexibility index (Phi) is 15.8. The summed E-state index contributed by atoms with van der Waals surface area (Å²) >= 11 is 4.88. The summed E-state index contributed by atoms with van der Waals surface area (Å²) in [6.07, 6.45) is 3.08. The Labute approximate surface area is 356 Å². The van der Waals surface area contributed by atoms with Crippen molar-refractivity contribution < 1.29 is 28.6 Å². The van der Waals surface area contributed by atoms with E-state index in [1.165, 1.54) is 16.7 Å². The zero-order chi connectivity index (χ0) is 41.5. The summed E-state index contributed by atoms with van der Waals surface area (Å²) in [6.45, 7) is 0. The number of thiocarbonyl (C=S) groups is 1. The third-order valence-corrected chi connectivity index (χ3v) is 17.4. The van der Waals surface area contributed by atoms with E-state index in [2.05, 4.69) is 155 Å². The number of aliphatic hydroxyl groups excluding tert-OH is 3. The molecule has 0 saturated carbocycles. The van der Waals surface area contributed by atoms with Crippen LogP contribution in [0.25, 0.3) is 11.1 Å². The van der Waals surface area contributed by atoms with E-state index in [1.807, 2.05) is 12.1 Å². The highest BCUT2D eigenvalue weighted by Crippen LogP contribution is 2.38. The normalized spacial score (nSPS) is 12.4. The first-order valence-corrected chi connectivity index (χ1v) is 25.3. The number of anilines is 6. The van der Waals surface area contributed by atoms with E-state index in [-0.39, 0.29) is 18.7 Å². The van der Waals surface area contributed by atoms with Gasteiger partial charge in [-0.2, -0.15) is 0 Å². The molecule has 11 heteroatoms. The fourth-order valence-corrected chi connectivity index (χ4v) is 11.3. The molecule has 0 bridgehead atoms. The molecule has 0 amide bonds. The fraction of sp³-hybridized carbons (Fsp3) is 0.229. The van der Waals surface area contributed by atoms with Crippen molar-refractivity contribution >= 4 is 68.8 Å². The molecule has 1 unspecified atom stereocenters. The van der Waals surface area contributed by atoms with Crippen LogP contribution in [0.1, 0.15) is 24.0 Å². The van der Waals surface area contributed by atoms with Gasteiger partial charge in [0.05, 0.1) is 18.7 Å². The zero-order valence-corrected chi connectivity index (χ0v) is 36.6. The number of nitrogens with zero attached hydrogens (tertiary/aromatic N) is 2. The van der Waals surface area contributed by atoms with Crippen LogP contribution in [-0.2, 0) is 26.1 Å². The summed E-state index contributed by atoms with van der Waals surface area (Å²) in [5.74, 6) is 0. The number of para-hydroxylation sites is 2. The van der Waals surface area contributed by atoms with Gasteiger partial charge in [-0.05, 0) is 139 Å². The molecule has 0 fully saturated rings. The molecule has 3 N–H and O–H groups in total. The lowest BCUT2D eigenvalue weighted by atomic mass is 10.0. The molecule has 0 aliphatic carbocycles. The SMILES string of the molecule is CO[Si](CO)(CO)CCCc1ccc(N(c2ccccc2)c2ccc(-c3ccc(N(c4ccccc4)c4ccc(CCC[Si](CO)(OC)OC=S)cc4)cc3)cc2)cc1. The van der Waals surface area contributed by atoms with E-state index in [1.54, 1.807) is 14.2 Å². The molecule has 0 radical (unpaired) electrons. The van der Waals surface area contributed by atoms with Crippen LogP contribution in [-0.4, -0.2) is 70.7 Å². The minimum Gasteiger partial charge on any atom is -0.516 e. The first-order valence-electron chi connectivity index (χ1n) is 20.0. The van der Waals surface area contributed by atoms with Crippen molar-refractivity contribution in [1.82, 2.24) is 0 Å². The van der Waals surface area contributed by atoms with Gasteiger partial charge in [-0.1, -0.05) is 84.9 Å². The average Bonchev–Trinajstić information content (AvgIpc) is 3.30. The average molecular weight is 843 g/mol. The van der Waals surface area contributed by atoms with E-state index < -0.39 is 16.9 Å². The maximum atomic E-state index is 9.89. The molecule has 6 aromatic rings. The van der Waals surface area contributed by atoms with Crippen LogP contribution in [0, 0.1) is 0 Å². The smallest absolute Gasteiger partial charge is 0.425 e. The Hall–Kier alpha value is -4.96. The molecule has 6 rings (SSSR count). The van der Waals surface area contributed by atoms with Gasteiger partial charge in [-0.3, -0.25) is 0 Å². The first kappa shape index (κ1) is 43.6. The van der Waals surface area contributed by atoms with Gasteiger partial charge in [0, 0.05) is 54.4 Å². The summed E-state index contributed by atoms with van der Waals surface area (Å²) in [5.41, 5.74) is 12.2. The highest BCUT2D eigenvalue weighted by atomic mass is 32.1. The summed E-state index contributed by atoms with van der Waals surface area (Å²) in [7, 11) is -2.02. The van der Waals surface area contributed by atoms with E-state index >= 15 is 0 Å². The van der Waals surface area contributed by atoms with E-state index in [4.69, 9.17) is 25.5 Å². The molecule has 306 valence electrons. The van der Waals surface area contributed by atoms with E-state index in [0.29, 0.717) is 12.1 Å². The Morgan fingerprint density at radius 1 is 0.475 bits per heavy atom. The van der Waals surface area contributed by atoms with Gasteiger partial charge in [-0.15, -0.1) is 0 Å². The van der Waals surface area contributed by atoms with Gasteiger partial charge in [-0.25, -0.2) is 0 Å². The fourth-order valence-electron chi connectivity index (χ4n) is 7.37. The highest BCUT2D eigenvalue weighted by molar-refractivity contribution is 7.78. The molecule has 0 aromatic heterocycles. The number of rotatable bonds is 22. The second kappa shape index (κ2) is 21.3. The molecule has 6 aromatic carbocycles. The lowest BCUT2D eigenvalue weighted by Crippen LogP contribution is -2.46. The molecule has 1 atom stereocenters. The molecule has 0 aliphatic rings. The van der Waals surface area contributed by atoms with Gasteiger partial charge in [0.1, 0.15) is 5.55 Å². The zero-order valence-electron chi connectivity index (χ0n) is 33.8.